The van der Waals surface area contributed by atoms with Gasteiger partial charge < -0.3 is 5.73 Å². The lowest BCUT2D eigenvalue weighted by Crippen LogP contribution is -2.18. The Morgan fingerprint density at radius 1 is 1.53 bits per heavy atom. The van der Waals surface area contributed by atoms with E-state index in [0.29, 0.717) is 24.4 Å². The van der Waals surface area contributed by atoms with Crippen LogP contribution in [0.3, 0.4) is 0 Å². The summed E-state index contributed by atoms with van der Waals surface area (Å²) in [5.74, 6) is 1.05. The van der Waals surface area contributed by atoms with Crippen LogP contribution in [-0.4, -0.2) is 16.3 Å². The Kier molecular flexibility index (Phi) is 3.10. The van der Waals surface area contributed by atoms with Crippen molar-refractivity contribution in [3.8, 4) is 0 Å². The molecule has 1 aromatic heterocycles. The van der Waals surface area contributed by atoms with Crippen molar-refractivity contribution in [1.82, 2.24) is 9.78 Å². The Bertz CT molecular complexity index is 312. The van der Waals surface area contributed by atoms with Gasteiger partial charge in [0.15, 0.2) is 0 Å². The molecule has 1 aromatic rings. The van der Waals surface area contributed by atoms with Gasteiger partial charge in [0.05, 0.1) is 12.2 Å². The number of hydrogen-bond acceptors (Lipinski definition) is 2. The van der Waals surface area contributed by atoms with Crippen LogP contribution in [0.25, 0.3) is 0 Å². The lowest BCUT2D eigenvalue weighted by molar-refractivity contribution is 0.289. The lowest BCUT2D eigenvalue weighted by atomic mass is 9.90. The molecular weight excluding hydrogens is 186 g/mol. The zero-order valence-corrected chi connectivity index (χ0v) is 9.69. The molecule has 3 nitrogen and oxygen atoms in total. The van der Waals surface area contributed by atoms with Gasteiger partial charge >= 0.3 is 0 Å². The zero-order chi connectivity index (χ0) is 10.8. The van der Waals surface area contributed by atoms with Gasteiger partial charge in [-0.3, -0.25) is 4.68 Å². The minimum atomic E-state index is 0.457. The van der Waals surface area contributed by atoms with Crippen LogP contribution < -0.4 is 5.73 Å². The maximum Gasteiger partial charge on any atom is 0.0525 e. The fraction of sp³-hybridized carbons (Fsp3) is 0.750. The monoisotopic (exact) mass is 207 g/mol. The van der Waals surface area contributed by atoms with Gasteiger partial charge in [-0.25, -0.2) is 0 Å². The normalized spacial score (nSPS) is 19.2. The van der Waals surface area contributed by atoms with Crippen LogP contribution >= 0.6 is 0 Å². The summed E-state index contributed by atoms with van der Waals surface area (Å²) in [6.07, 6.45) is 8.12. The van der Waals surface area contributed by atoms with Crippen LogP contribution in [0.4, 0.5) is 0 Å². The summed E-state index contributed by atoms with van der Waals surface area (Å²) in [6, 6.07) is 0.657. The number of rotatable bonds is 4. The lowest BCUT2D eigenvalue weighted by Gasteiger charge is -2.25. The fourth-order valence-electron chi connectivity index (χ4n) is 2.19. The Balaban J connectivity index is 2.10. The van der Waals surface area contributed by atoms with Crippen LogP contribution in [0.15, 0.2) is 12.4 Å². The van der Waals surface area contributed by atoms with E-state index < -0.39 is 0 Å². The summed E-state index contributed by atoms with van der Waals surface area (Å²) >= 11 is 0. The molecule has 1 aliphatic carbocycles. The summed E-state index contributed by atoms with van der Waals surface area (Å²) in [6.45, 7) is 5.16. The quantitative estimate of drug-likeness (QED) is 0.823. The SMILES string of the molecule is CC(C)C(CN)c1cnn(C2CCC2)c1. The second-order valence-corrected chi connectivity index (χ2v) is 4.92. The molecule has 2 N–H and O–H groups in total. The zero-order valence-electron chi connectivity index (χ0n) is 9.69. The van der Waals surface area contributed by atoms with Crippen LogP contribution in [-0.2, 0) is 0 Å². The fourth-order valence-corrected chi connectivity index (χ4v) is 2.19. The van der Waals surface area contributed by atoms with Crippen molar-refractivity contribution in [3.05, 3.63) is 18.0 Å². The van der Waals surface area contributed by atoms with Gasteiger partial charge in [0.25, 0.3) is 0 Å². The van der Waals surface area contributed by atoms with E-state index in [2.05, 4.69) is 29.8 Å². The van der Waals surface area contributed by atoms with Gasteiger partial charge in [-0.05, 0) is 37.3 Å². The van der Waals surface area contributed by atoms with Gasteiger partial charge in [0.2, 0.25) is 0 Å². The summed E-state index contributed by atoms with van der Waals surface area (Å²) in [4.78, 5) is 0. The molecule has 0 radical (unpaired) electrons. The number of aromatic nitrogens is 2. The Morgan fingerprint density at radius 3 is 2.73 bits per heavy atom. The average Bonchev–Trinajstić information content (AvgIpc) is 2.51. The topological polar surface area (TPSA) is 43.8 Å². The molecule has 1 unspecified atom stereocenters. The average molecular weight is 207 g/mol. The largest absolute Gasteiger partial charge is 0.330 e. The van der Waals surface area contributed by atoms with Crippen molar-refractivity contribution in [2.24, 2.45) is 11.7 Å². The Labute approximate surface area is 91.7 Å². The first-order valence-electron chi connectivity index (χ1n) is 5.96. The van der Waals surface area contributed by atoms with E-state index in [4.69, 9.17) is 5.73 Å². The third kappa shape index (κ3) is 2.07. The smallest absolute Gasteiger partial charge is 0.0525 e. The standard InChI is InChI=1S/C12H21N3/c1-9(2)12(6-13)10-7-14-15(8-10)11-4-3-5-11/h7-9,11-12H,3-6,13H2,1-2H3. The van der Waals surface area contributed by atoms with Gasteiger partial charge in [0.1, 0.15) is 0 Å². The first-order chi connectivity index (χ1) is 7.22. The molecule has 0 amide bonds. The van der Waals surface area contributed by atoms with Crippen molar-refractivity contribution in [2.45, 2.75) is 45.1 Å². The minimum absolute atomic E-state index is 0.457. The van der Waals surface area contributed by atoms with E-state index in [1.54, 1.807) is 0 Å². The molecule has 3 heteroatoms. The van der Waals surface area contributed by atoms with Crippen LogP contribution in [0.1, 0.15) is 50.6 Å². The molecule has 84 valence electrons. The molecule has 1 atom stereocenters. The van der Waals surface area contributed by atoms with Crippen LogP contribution in [0, 0.1) is 5.92 Å². The molecule has 0 bridgehead atoms. The molecule has 1 saturated carbocycles. The highest BCUT2D eigenvalue weighted by atomic mass is 15.3. The molecule has 1 aliphatic rings. The molecule has 1 heterocycles. The third-order valence-electron chi connectivity index (χ3n) is 3.56. The second-order valence-electron chi connectivity index (χ2n) is 4.92. The molecule has 0 aromatic carbocycles. The van der Waals surface area contributed by atoms with Gasteiger partial charge in [-0.2, -0.15) is 5.10 Å². The highest BCUT2D eigenvalue weighted by Gasteiger charge is 2.22. The molecule has 15 heavy (non-hydrogen) atoms. The number of nitrogens with zero attached hydrogens (tertiary/aromatic N) is 2. The van der Waals surface area contributed by atoms with E-state index in [9.17, 15) is 0 Å². The van der Waals surface area contributed by atoms with E-state index >= 15 is 0 Å². The molecule has 0 spiro atoms. The first kappa shape index (κ1) is 10.7. The van der Waals surface area contributed by atoms with E-state index in [-0.39, 0.29) is 0 Å². The predicted octanol–water partition coefficient (Wildman–Crippen LogP) is 2.31. The van der Waals surface area contributed by atoms with Gasteiger partial charge in [0, 0.05) is 12.1 Å². The second kappa shape index (κ2) is 4.35. The summed E-state index contributed by atoms with van der Waals surface area (Å²) < 4.78 is 2.13. The highest BCUT2D eigenvalue weighted by molar-refractivity contribution is 5.13. The Morgan fingerprint density at radius 2 is 2.27 bits per heavy atom. The van der Waals surface area contributed by atoms with E-state index in [1.807, 2.05) is 6.20 Å². The van der Waals surface area contributed by atoms with Crippen molar-refractivity contribution < 1.29 is 0 Å². The summed E-state index contributed by atoms with van der Waals surface area (Å²) in [5, 5.41) is 4.45. The minimum Gasteiger partial charge on any atom is -0.330 e. The third-order valence-corrected chi connectivity index (χ3v) is 3.56. The maximum absolute atomic E-state index is 5.80. The molecule has 0 aliphatic heterocycles. The van der Waals surface area contributed by atoms with Crippen molar-refractivity contribution in [2.75, 3.05) is 6.54 Å². The molecule has 1 fully saturated rings. The van der Waals surface area contributed by atoms with Crippen molar-refractivity contribution in [1.29, 1.82) is 0 Å². The summed E-state index contributed by atoms with van der Waals surface area (Å²) in [5.41, 5.74) is 7.11. The van der Waals surface area contributed by atoms with Crippen molar-refractivity contribution >= 4 is 0 Å². The number of nitrogens with two attached hydrogens (primary N) is 1. The molecular formula is C12H21N3. The number of hydrogen-bond donors (Lipinski definition) is 1. The molecule has 0 saturated heterocycles. The van der Waals surface area contributed by atoms with E-state index in [0.717, 1.165) is 0 Å². The maximum atomic E-state index is 5.80. The highest BCUT2D eigenvalue weighted by Crippen LogP contribution is 2.32. The van der Waals surface area contributed by atoms with Gasteiger partial charge in [-0.1, -0.05) is 13.8 Å². The predicted molar refractivity (Wildman–Crippen MR) is 61.7 cm³/mol. The summed E-state index contributed by atoms with van der Waals surface area (Å²) in [7, 11) is 0. The van der Waals surface area contributed by atoms with Crippen molar-refractivity contribution in [3.63, 3.8) is 0 Å². The van der Waals surface area contributed by atoms with Gasteiger partial charge in [-0.15, -0.1) is 0 Å². The Hall–Kier alpha value is -0.830. The van der Waals surface area contributed by atoms with Crippen LogP contribution in [0.5, 0.6) is 0 Å². The van der Waals surface area contributed by atoms with E-state index in [1.165, 1.54) is 24.8 Å². The molecule has 2 rings (SSSR count). The first-order valence-corrected chi connectivity index (χ1v) is 5.96. The van der Waals surface area contributed by atoms with Crippen LogP contribution in [0.2, 0.25) is 0 Å².